The third-order valence-electron chi connectivity index (χ3n) is 4.87. The van der Waals surface area contributed by atoms with Crippen molar-refractivity contribution in [2.24, 2.45) is 11.7 Å². The van der Waals surface area contributed by atoms with Gasteiger partial charge in [0.25, 0.3) is 5.69 Å². The molecule has 0 unspecified atom stereocenters. The number of non-ortho nitro benzene ring substituents is 1. The number of rotatable bonds is 13. The van der Waals surface area contributed by atoms with Crippen molar-refractivity contribution >= 4 is 29.6 Å². The number of amides is 1. The molecule has 0 aromatic heterocycles. The Morgan fingerprint density at radius 3 is 2.14 bits per heavy atom. The van der Waals surface area contributed by atoms with E-state index in [2.05, 4.69) is 0 Å². The van der Waals surface area contributed by atoms with Crippen LogP contribution in [0.25, 0.3) is 0 Å². The number of nitro benzene ring substituents is 1. The molecule has 4 N–H and O–H groups in total. The molecule has 0 aliphatic carbocycles. The fourth-order valence-electron chi connectivity index (χ4n) is 3.41. The summed E-state index contributed by atoms with van der Waals surface area (Å²) < 4.78 is 49.6. The molecule has 2 atom stereocenters. The van der Waals surface area contributed by atoms with Crippen LogP contribution >= 0.6 is 7.82 Å². The Kier molecular flexibility index (Phi) is 10.1. The van der Waals surface area contributed by atoms with Gasteiger partial charge >= 0.3 is 13.9 Å². The van der Waals surface area contributed by atoms with Crippen LogP contribution in [-0.2, 0) is 30.3 Å². The van der Waals surface area contributed by atoms with Crippen molar-refractivity contribution in [3.8, 4) is 0 Å². The first kappa shape index (κ1) is 29.4. The maximum atomic E-state index is 13.4. The summed E-state index contributed by atoms with van der Waals surface area (Å²) in [4.78, 5) is 40.6. The first-order valence-electron chi connectivity index (χ1n) is 10.7. The van der Waals surface area contributed by atoms with Crippen LogP contribution in [0.15, 0.2) is 59.5 Å². The van der Waals surface area contributed by atoms with E-state index in [1.807, 2.05) is 0 Å². The van der Waals surface area contributed by atoms with Gasteiger partial charge in [-0.25, -0.2) is 17.8 Å². The van der Waals surface area contributed by atoms with Crippen LogP contribution in [0.3, 0.4) is 0 Å². The number of nitrogens with two attached hydrogens (primary N) is 1. The van der Waals surface area contributed by atoms with Crippen molar-refractivity contribution in [1.82, 2.24) is 4.31 Å². The van der Waals surface area contributed by atoms with E-state index in [4.69, 9.17) is 15.0 Å². The Labute approximate surface area is 208 Å². The smallest absolute Gasteiger partial charge is 0.443 e. The molecule has 2 rings (SSSR count). The van der Waals surface area contributed by atoms with E-state index in [9.17, 15) is 37.7 Å². The summed E-state index contributed by atoms with van der Waals surface area (Å²) in [6.45, 7) is 2.72. The van der Waals surface area contributed by atoms with Crippen LogP contribution in [0.1, 0.15) is 19.4 Å². The molecular formula is C21H28N3O10PS. The van der Waals surface area contributed by atoms with E-state index in [0.717, 1.165) is 28.6 Å². The quantitative estimate of drug-likeness (QED) is 0.191. The predicted octanol–water partition coefficient (Wildman–Crippen LogP) is 2.43. The Morgan fingerprint density at radius 1 is 1.08 bits per heavy atom. The minimum absolute atomic E-state index is 0.0818. The van der Waals surface area contributed by atoms with Crippen molar-refractivity contribution in [1.29, 1.82) is 0 Å². The topological polar surface area (TPSA) is 200 Å². The summed E-state index contributed by atoms with van der Waals surface area (Å²) in [6, 6.07) is 12.6. The second kappa shape index (κ2) is 12.4. The zero-order chi connectivity index (χ0) is 27.1. The zero-order valence-corrected chi connectivity index (χ0v) is 21.2. The van der Waals surface area contributed by atoms with Crippen molar-refractivity contribution < 1.29 is 41.7 Å². The van der Waals surface area contributed by atoms with E-state index >= 15 is 0 Å². The SMILES string of the molecule is CC(C)CN(C[C@@H](OP(=O)(O)O)[C@H](Cc1ccccc1)OC(N)=O)S(=O)(=O)c1ccc([N+](=O)[O-])cc1. The van der Waals surface area contributed by atoms with E-state index in [0.29, 0.717) is 5.56 Å². The lowest BCUT2D eigenvalue weighted by Crippen LogP contribution is -2.47. The van der Waals surface area contributed by atoms with Crippen LogP contribution in [0.5, 0.6) is 0 Å². The number of carbonyl (C=O) groups excluding carboxylic acids is 1. The number of nitrogens with zero attached hydrogens (tertiary/aromatic N) is 2. The Balaban J connectivity index is 2.49. The van der Waals surface area contributed by atoms with Crippen LogP contribution in [0, 0.1) is 16.0 Å². The largest absolute Gasteiger partial charge is 0.470 e. The maximum absolute atomic E-state index is 13.4. The average molecular weight is 546 g/mol. The molecule has 198 valence electrons. The van der Waals surface area contributed by atoms with Crippen molar-refractivity contribution in [3.05, 3.63) is 70.3 Å². The van der Waals surface area contributed by atoms with Gasteiger partial charge in [0.05, 0.1) is 9.82 Å². The zero-order valence-electron chi connectivity index (χ0n) is 19.5. The van der Waals surface area contributed by atoms with Crippen LogP contribution in [0.2, 0.25) is 0 Å². The lowest BCUT2D eigenvalue weighted by Gasteiger charge is -2.32. The molecule has 0 radical (unpaired) electrons. The highest BCUT2D eigenvalue weighted by Gasteiger charge is 2.37. The highest BCUT2D eigenvalue weighted by molar-refractivity contribution is 7.89. The molecule has 0 spiro atoms. The monoisotopic (exact) mass is 545 g/mol. The number of phosphoric acid groups is 1. The Morgan fingerprint density at radius 2 is 1.67 bits per heavy atom. The standard InChI is InChI=1S/C21H28N3O10PS/c1-15(2)13-23(36(31,32)18-10-8-17(9-11-18)24(26)27)14-20(34-35(28,29)30)19(33-21(22)25)12-16-6-4-3-5-7-16/h3-11,15,19-20H,12-14H2,1-2H3,(H2,22,25)(H2,28,29,30)/t19-,20+/m0/s1. The summed E-state index contributed by atoms with van der Waals surface area (Å²) in [5.74, 6) is -0.238. The first-order valence-corrected chi connectivity index (χ1v) is 13.6. The van der Waals surface area contributed by atoms with Crippen LogP contribution in [-0.4, -0.2) is 58.8 Å². The summed E-state index contributed by atoms with van der Waals surface area (Å²) in [6.07, 6.45) is -4.31. The molecule has 2 aromatic rings. The van der Waals surface area contributed by atoms with Gasteiger partial charge in [0, 0.05) is 31.6 Å². The van der Waals surface area contributed by atoms with E-state index in [1.54, 1.807) is 44.2 Å². The molecular weight excluding hydrogens is 517 g/mol. The predicted molar refractivity (Wildman–Crippen MR) is 128 cm³/mol. The third kappa shape index (κ3) is 8.97. The molecule has 0 fully saturated rings. The van der Waals surface area contributed by atoms with E-state index < -0.39 is 47.6 Å². The van der Waals surface area contributed by atoms with Gasteiger partial charge in [0.1, 0.15) is 12.2 Å². The van der Waals surface area contributed by atoms with Gasteiger partial charge < -0.3 is 20.3 Å². The van der Waals surface area contributed by atoms with Crippen molar-refractivity contribution in [3.63, 3.8) is 0 Å². The second-order valence-electron chi connectivity index (χ2n) is 8.27. The molecule has 1 amide bonds. The molecule has 2 aromatic carbocycles. The van der Waals surface area contributed by atoms with Gasteiger partial charge in [0.2, 0.25) is 10.0 Å². The number of carbonyl (C=O) groups is 1. The fourth-order valence-corrected chi connectivity index (χ4v) is 5.58. The number of benzene rings is 2. The third-order valence-corrected chi connectivity index (χ3v) is 7.26. The molecule has 0 aliphatic rings. The normalized spacial score (nSPS) is 13.9. The van der Waals surface area contributed by atoms with Gasteiger partial charge in [-0.05, 0) is 23.6 Å². The van der Waals surface area contributed by atoms with E-state index in [-0.39, 0.29) is 29.5 Å². The molecule has 0 aliphatic heterocycles. The number of hydrogen-bond donors (Lipinski definition) is 3. The summed E-state index contributed by atoms with van der Waals surface area (Å²) in [5.41, 5.74) is 5.47. The first-order chi connectivity index (χ1) is 16.7. The number of ether oxygens (including phenoxy) is 1. The number of sulfonamides is 1. The van der Waals surface area contributed by atoms with E-state index in [1.165, 1.54) is 0 Å². The van der Waals surface area contributed by atoms with Gasteiger partial charge in [0.15, 0.2) is 0 Å². The van der Waals surface area contributed by atoms with Crippen LogP contribution in [0.4, 0.5) is 10.5 Å². The average Bonchev–Trinajstić information content (AvgIpc) is 2.77. The minimum Gasteiger partial charge on any atom is -0.443 e. The minimum atomic E-state index is -5.18. The number of phosphoric ester groups is 1. The Bertz CT molecular complexity index is 1190. The summed E-state index contributed by atoms with van der Waals surface area (Å²) in [7, 11) is -9.50. The number of nitro groups is 1. The fraction of sp³-hybridized carbons (Fsp3) is 0.381. The van der Waals surface area contributed by atoms with Gasteiger partial charge in [-0.2, -0.15) is 4.31 Å². The van der Waals surface area contributed by atoms with Crippen molar-refractivity contribution in [2.45, 2.75) is 37.4 Å². The highest BCUT2D eigenvalue weighted by Crippen LogP contribution is 2.39. The number of hydrogen-bond acceptors (Lipinski definition) is 8. The molecule has 13 nitrogen and oxygen atoms in total. The summed E-state index contributed by atoms with van der Waals surface area (Å²) in [5, 5.41) is 10.9. The maximum Gasteiger partial charge on any atom is 0.470 e. The number of primary amides is 1. The molecule has 36 heavy (non-hydrogen) atoms. The lowest BCUT2D eigenvalue weighted by molar-refractivity contribution is -0.384. The second-order valence-corrected chi connectivity index (χ2v) is 11.4. The van der Waals surface area contributed by atoms with Gasteiger partial charge in [-0.1, -0.05) is 44.2 Å². The Hall–Kier alpha value is -2.87. The highest BCUT2D eigenvalue weighted by atomic mass is 32.2. The molecule has 0 heterocycles. The molecule has 0 saturated carbocycles. The van der Waals surface area contributed by atoms with Gasteiger partial charge in [-0.3, -0.25) is 14.6 Å². The molecule has 0 saturated heterocycles. The van der Waals surface area contributed by atoms with Crippen LogP contribution < -0.4 is 5.73 Å². The lowest BCUT2D eigenvalue weighted by atomic mass is 10.0. The van der Waals surface area contributed by atoms with Gasteiger partial charge in [-0.15, -0.1) is 0 Å². The summed E-state index contributed by atoms with van der Waals surface area (Å²) >= 11 is 0. The van der Waals surface area contributed by atoms with Crippen molar-refractivity contribution in [2.75, 3.05) is 13.1 Å². The molecule has 15 heteroatoms. The molecule has 0 bridgehead atoms.